The lowest BCUT2D eigenvalue weighted by atomic mass is 9.84. The maximum absolute atomic E-state index is 14.9. The zero-order valence-electron chi connectivity index (χ0n) is 14.4. The summed E-state index contributed by atoms with van der Waals surface area (Å²) in [7, 11) is 1.70. The molecule has 3 heterocycles. The predicted octanol–water partition coefficient (Wildman–Crippen LogP) is 0.730. The molecule has 0 atom stereocenters. The quantitative estimate of drug-likeness (QED) is 0.732. The summed E-state index contributed by atoms with van der Waals surface area (Å²) in [5.41, 5.74) is -0.351. The van der Waals surface area contributed by atoms with Gasteiger partial charge in [0.15, 0.2) is 5.82 Å². The second-order valence-electron chi connectivity index (χ2n) is 6.83. The minimum Gasteiger partial charge on any atom is -0.385 e. The van der Waals surface area contributed by atoms with Crippen molar-refractivity contribution in [1.29, 1.82) is 0 Å². The molecule has 0 aliphatic carbocycles. The van der Waals surface area contributed by atoms with Crippen LogP contribution in [0.4, 0.5) is 15.0 Å². The molecule has 2 aliphatic rings. The summed E-state index contributed by atoms with van der Waals surface area (Å²) in [6.07, 6.45) is 1.02. The van der Waals surface area contributed by atoms with Crippen LogP contribution in [0.1, 0.15) is 24.8 Å². The second-order valence-corrected chi connectivity index (χ2v) is 6.83. The van der Waals surface area contributed by atoms with Crippen LogP contribution in [0, 0.1) is 5.82 Å². The molecule has 26 heavy (non-hydrogen) atoms. The average Bonchev–Trinajstić information content (AvgIpc) is 2.90. The summed E-state index contributed by atoms with van der Waals surface area (Å²) in [6.45, 7) is 1.43. The molecule has 0 unspecified atom stereocenters. The summed E-state index contributed by atoms with van der Waals surface area (Å²) in [4.78, 5) is 24.8. The topological polar surface area (TPSA) is 99.5 Å². The van der Waals surface area contributed by atoms with Gasteiger partial charge in [-0.05, 0) is 38.1 Å². The molecule has 138 valence electrons. The van der Waals surface area contributed by atoms with Gasteiger partial charge in [0.05, 0.1) is 11.1 Å². The smallest absolute Gasteiger partial charge is 0.329 e. The maximum atomic E-state index is 14.9. The Balaban J connectivity index is 1.80. The van der Waals surface area contributed by atoms with Crippen LogP contribution in [0.15, 0.2) is 12.1 Å². The Bertz CT molecular complexity index is 903. The van der Waals surface area contributed by atoms with E-state index >= 15 is 0 Å². The molecule has 2 aliphatic heterocycles. The van der Waals surface area contributed by atoms with Gasteiger partial charge in [0, 0.05) is 31.0 Å². The molecular weight excluding hydrogens is 341 g/mol. The Morgan fingerprint density at radius 3 is 2.69 bits per heavy atom. The highest BCUT2D eigenvalue weighted by molar-refractivity contribution is 6.08. The number of amides is 3. The first kappa shape index (κ1) is 16.9. The number of nitrogens with zero attached hydrogens (tertiary/aromatic N) is 3. The van der Waals surface area contributed by atoms with Crippen molar-refractivity contribution in [3.05, 3.63) is 23.5 Å². The minimum atomic E-state index is -1.22. The van der Waals surface area contributed by atoms with E-state index in [2.05, 4.69) is 15.7 Å². The number of piperidine rings is 1. The number of rotatable bonds is 2. The maximum Gasteiger partial charge on any atom is 0.329 e. The van der Waals surface area contributed by atoms with E-state index in [1.54, 1.807) is 17.8 Å². The zero-order chi connectivity index (χ0) is 18.5. The van der Waals surface area contributed by atoms with Crippen molar-refractivity contribution < 1.29 is 19.1 Å². The zero-order valence-corrected chi connectivity index (χ0v) is 14.4. The standard InChI is InChI=1S/C17H20FN5O3/c1-22-13-9-11(17(26)3-5-19-6-4-17)12(18)8-10(13)15(21-22)23-7-2-14(24)20-16(23)25/h8-9,19,26H,2-7H2,1H3,(H,20,24,25). The lowest BCUT2D eigenvalue weighted by Gasteiger charge is -2.33. The fraction of sp³-hybridized carbons (Fsp3) is 0.471. The fourth-order valence-electron chi connectivity index (χ4n) is 3.69. The van der Waals surface area contributed by atoms with Crippen molar-refractivity contribution >= 4 is 28.7 Å². The molecule has 2 saturated heterocycles. The lowest BCUT2D eigenvalue weighted by molar-refractivity contribution is -0.120. The van der Waals surface area contributed by atoms with Gasteiger partial charge in [0.25, 0.3) is 0 Å². The van der Waals surface area contributed by atoms with Crippen LogP contribution in [0.25, 0.3) is 10.9 Å². The van der Waals surface area contributed by atoms with Crippen LogP contribution >= 0.6 is 0 Å². The third-order valence-corrected chi connectivity index (χ3v) is 5.16. The summed E-state index contributed by atoms with van der Waals surface area (Å²) < 4.78 is 16.4. The third kappa shape index (κ3) is 2.63. The number of aromatic nitrogens is 2. The monoisotopic (exact) mass is 361 g/mol. The van der Waals surface area contributed by atoms with Gasteiger partial charge >= 0.3 is 6.03 Å². The number of urea groups is 1. The molecule has 1 aromatic heterocycles. The highest BCUT2D eigenvalue weighted by Gasteiger charge is 2.35. The molecule has 0 spiro atoms. The summed E-state index contributed by atoms with van der Waals surface area (Å²) >= 11 is 0. The largest absolute Gasteiger partial charge is 0.385 e. The van der Waals surface area contributed by atoms with E-state index in [0.717, 1.165) is 0 Å². The van der Waals surface area contributed by atoms with Crippen molar-refractivity contribution in [3.63, 3.8) is 0 Å². The Labute approximate surface area is 149 Å². The number of hydrogen-bond donors (Lipinski definition) is 3. The Hall–Kier alpha value is -2.52. The molecule has 3 N–H and O–H groups in total. The average molecular weight is 361 g/mol. The van der Waals surface area contributed by atoms with Crippen molar-refractivity contribution in [2.45, 2.75) is 24.9 Å². The molecule has 9 heteroatoms. The SMILES string of the molecule is Cn1nc(N2CCC(=O)NC2=O)c2cc(F)c(C3(O)CCNCC3)cc21. The van der Waals surface area contributed by atoms with Crippen LogP contribution in [-0.4, -0.2) is 46.5 Å². The number of aryl methyl sites for hydroxylation is 1. The van der Waals surface area contributed by atoms with Gasteiger partial charge in [0.1, 0.15) is 5.82 Å². The first-order valence-corrected chi connectivity index (χ1v) is 8.60. The number of carbonyl (C=O) groups excluding carboxylic acids is 2. The van der Waals surface area contributed by atoms with Gasteiger partial charge in [-0.25, -0.2) is 9.18 Å². The van der Waals surface area contributed by atoms with Gasteiger partial charge in [-0.1, -0.05) is 0 Å². The third-order valence-electron chi connectivity index (χ3n) is 5.16. The van der Waals surface area contributed by atoms with Crippen molar-refractivity contribution in [3.8, 4) is 0 Å². The molecule has 0 bridgehead atoms. The Kier molecular flexibility index (Phi) is 3.92. The van der Waals surface area contributed by atoms with E-state index < -0.39 is 17.4 Å². The fourth-order valence-corrected chi connectivity index (χ4v) is 3.69. The van der Waals surface area contributed by atoms with Crippen LogP contribution in [0.2, 0.25) is 0 Å². The van der Waals surface area contributed by atoms with Crippen LogP contribution < -0.4 is 15.5 Å². The molecule has 0 saturated carbocycles. The molecule has 4 rings (SSSR count). The van der Waals surface area contributed by atoms with Crippen LogP contribution in [-0.2, 0) is 17.4 Å². The summed E-state index contributed by atoms with van der Waals surface area (Å²) in [5.74, 6) is -0.562. The number of anilines is 1. The number of hydrogen-bond acceptors (Lipinski definition) is 5. The first-order chi connectivity index (χ1) is 12.4. The minimum absolute atomic E-state index is 0.164. The number of nitrogens with one attached hydrogen (secondary N) is 2. The van der Waals surface area contributed by atoms with Gasteiger partial charge in [-0.15, -0.1) is 0 Å². The van der Waals surface area contributed by atoms with Crippen molar-refractivity contribution in [2.24, 2.45) is 7.05 Å². The molecule has 1 aromatic carbocycles. The number of carbonyl (C=O) groups is 2. The number of halogens is 1. The van der Waals surface area contributed by atoms with E-state index in [-0.39, 0.29) is 24.4 Å². The second kappa shape index (κ2) is 6.03. The van der Waals surface area contributed by atoms with Crippen molar-refractivity contribution in [2.75, 3.05) is 24.5 Å². The number of aliphatic hydroxyl groups is 1. The highest BCUT2D eigenvalue weighted by atomic mass is 19.1. The molecule has 3 amide bonds. The predicted molar refractivity (Wildman–Crippen MR) is 92.2 cm³/mol. The van der Waals surface area contributed by atoms with Gasteiger partial charge < -0.3 is 10.4 Å². The Morgan fingerprint density at radius 2 is 2.00 bits per heavy atom. The summed E-state index contributed by atoms with van der Waals surface area (Å²) in [6, 6.07) is 2.36. The van der Waals surface area contributed by atoms with Gasteiger partial charge in [-0.3, -0.25) is 19.7 Å². The van der Waals surface area contributed by atoms with Crippen molar-refractivity contribution in [1.82, 2.24) is 20.4 Å². The number of benzene rings is 1. The number of imide groups is 1. The molecule has 2 fully saturated rings. The molecular formula is C17H20FN5O3. The van der Waals surface area contributed by atoms with Gasteiger partial charge in [-0.2, -0.15) is 5.10 Å². The van der Waals surface area contributed by atoms with Gasteiger partial charge in [0.2, 0.25) is 5.91 Å². The molecule has 2 aromatic rings. The van der Waals surface area contributed by atoms with E-state index in [4.69, 9.17) is 0 Å². The van der Waals surface area contributed by atoms with E-state index in [0.29, 0.717) is 42.7 Å². The Morgan fingerprint density at radius 1 is 1.27 bits per heavy atom. The molecule has 8 nitrogen and oxygen atoms in total. The normalized spacial score (nSPS) is 20.5. The highest BCUT2D eigenvalue weighted by Crippen LogP contribution is 2.36. The number of fused-ring (bicyclic) bond motifs is 1. The van der Waals surface area contributed by atoms with Crippen LogP contribution in [0.5, 0.6) is 0 Å². The molecule has 0 radical (unpaired) electrons. The summed E-state index contributed by atoms with van der Waals surface area (Å²) in [5, 5.41) is 21.1. The van der Waals surface area contributed by atoms with E-state index in [1.807, 2.05) is 0 Å². The first-order valence-electron chi connectivity index (χ1n) is 8.60. The lowest BCUT2D eigenvalue weighted by Crippen LogP contribution is -2.49. The van der Waals surface area contributed by atoms with Crippen LogP contribution in [0.3, 0.4) is 0 Å². The van der Waals surface area contributed by atoms with E-state index in [9.17, 15) is 19.1 Å². The van der Waals surface area contributed by atoms with E-state index in [1.165, 1.54) is 11.0 Å².